The molecule has 0 saturated carbocycles. The quantitative estimate of drug-likeness (QED) is 0.471. The molecule has 6 heterocycles. The molecule has 1 aliphatic heterocycles. The third-order valence-electron chi connectivity index (χ3n) is 5.82. The van der Waals surface area contributed by atoms with Gasteiger partial charge in [0.1, 0.15) is 22.7 Å². The Morgan fingerprint density at radius 2 is 1.81 bits per heavy atom. The van der Waals surface area contributed by atoms with Crippen molar-refractivity contribution in [3.05, 3.63) is 49.1 Å². The minimum absolute atomic E-state index is 0.731. The molecule has 1 aliphatic rings. The second-order valence-electron chi connectivity index (χ2n) is 7.82. The van der Waals surface area contributed by atoms with Gasteiger partial charge >= 0.3 is 0 Å². The molecule has 0 unspecified atom stereocenters. The molecule has 0 amide bonds. The van der Waals surface area contributed by atoms with Crippen LogP contribution in [0.2, 0.25) is 0 Å². The van der Waals surface area contributed by atoms with E-state index in [9.17, 15) is 0 Å². The Morgan fingerprint density at radius 1 is 0.903 bits per heavy atom. The summed E-state index contributed by atoms with van der Waals surface area (Å²) in [5.74, 6) is 1.01. The topological polar surface area (TPSA) is 103 Å². The number of likely N-dealkylation sites (N-methyl/N-ethyl adjacent to an activating group) is 1. The first-order valence-electron chi connectivity index (χ1n) is 10.3. The number of fused-ring (bicyclic) bond motifs is 2. The minimum atomic E-state index is 0.731. The first-order chi connectivity index (χ1) is 15.3. The number of anilines is 1. The zero-order chi connectivity index (χ0) is 20.8. The van der Waals surface area contributed by atoms with Gasteiger partial charge in [-0.15, -0.1) is 0 Å². The molecule has 9 nitrogen and oxygen atoms in total. The maximum absolute atomic E-state index is 4.82. The van der Waals surface area contributed by atoms with E-state index < -0.39 is 0 Å². The molecule has 154 valence electrons. The van der Waals surface area contributed by atoms with Gasteiger partial charge in [0, 0.05) is 50.2 Å². The Bertz CT molecular complexity index is 1360. The minimum Gasteiger partial charge on any atom is -0.353 e. The van der Waals surface area contributed by atoms with E-state index in [0.717, 1.165) is 76.7 Å². The number of nitrogens with zero attached hydrogens (tertiary/aromatic N) is 7. The summed E-state index contributed by atoms with van der Waals surface area (Å²) >= 11 is 0. The van der Waals surface area contributed by atoms with Gasteiger partial charge in [-0.2, -0.15) is 5.10 Å². The van der Waals surface area contributed by atoms with Gasteiger partial charge in [0.2, 0.25) is 0 Å². The highest BCUT2D eigenvalue weighted by Gasteiger charge is 2.20. The number of hydrogen-bond donors (Lipinski definition) is 2. The molecule has 0 spiro atoms. The molecule has 0 atom stereocenters. The molecule has 1 fully saturated rings. The summed E-state index contributed by atoms with van der Waals surface area (Å²) in [5, 5.41) is 8.74. The van der Waals surface area contributed by atoms with Crippen molar-refractivity contribution in [3.8, 4) is 22.8 Å². The molecule has 0 radical (unpaired) electrons. The number of hydrogen-bond acceptors (Lipinski definition) is 7. The van der Waals surface area contributed by atoms with Crippen molar-refractivity contribution in [3.63, 3.8) is 0 Å². The lowest BCUT2D eigenvalue weighted by Gasteiger charge is -2.33. The van der Waals surface area contributed by atoms with Crippen LogP contribution in [0.4, 0.5) is 5.82 Å². The second kappa shape index (κ2) is 7.13. The van der Waals surface area contributed by atoms with E-state index in [-0.39, 0.29) is 0 Å². The lowest BCUT2D eigenvalue weighted by atomic mass is 10.2. The highest BCUT2D eigenvalue weighted by atomic mass is 15.3. The van der Waals surface area contributed by atoms with E-state index in [0.29, 0.717) is 0 Å². The van der Waals surface area contributed by atoms with Crippen LogP contribution in [0.5, 0.6) is 0 Å². The Balaban J connectivity index is 1.44. The van der Waals surface area contributed by atoms with Crippen LogP contribution >= 0.6 is 0 Å². The van der Waals surface area contributed by atoms with Gasteiger partial charge in [-0.25, -0.2) is 9.97 Å². The maximum atomic E-state index is 4.82. The highest BCUT2D eigenvalue weighted by Crippen LogP contribution is 2.32. The van der Waals surface area contributed by atoms with Gasteiger partial charge in [0.15, 0.2) is 0 Å². The van der Waals surface area contributed by atoms with Gasteiger partial charge in [-0.05, 0) is 31.3 Å². The van der Waals surface area contributed by atoms with Gasteiger partial charge in [-0.1, -0.05) is 0 Å². The lowest BCUT2D eigenvalue weighted by molar-refractivity contribution is 0.312. The molecule has 5 aromatic rings. The van der Waals surface area contributed by atoms with E-state index in [2.05, 4.69) is 48.1 Å². The molecule has 1 saturated heterocycles. The van der Waals surface area contributed by atoms with E-state index in [4.69, 9.17) is 9.97 Å². The van der Waals surface area contributed by atoms with Crippen LogP contribution in [0.1, 0.15) is 0 Å². The van der Waals surface area contributed by atoms with Crippen LogP contribution in [0.3, 0.4) is 0 Å². The number of pyridine rings is 2. The number of H-pyrrole nitrogens is 2. The molecule has 2 N–H and O–H groups in total. The summed E-state index contributed by atoms with van der Waals surface area (Å²) in [6.07, 6.45) is 6.90. The van der Waals surface area contributed by atoms with E-state index in [1.165, 1.54) is 0 Å². The summed E-state index contributed by atoms with van der Waals surface area (Å²) in [7, 11) is 2.16. The predicted molar refractivity (Wildman–Crippen MR) is 120 cm³/mol. The van der Waals surface area contributed by atoms with Crippen molar-refractivity contribution in [2.24, 2.45) is 0 Å². The van der Waals surface area contributed by atoms with Crippen molar-refractivity contribution in [1.82, 2.24) is 40.0 Å². The van der Waals surface area contributed by atoms with Gasteiger partial charge < -0.3 is 14.8 Å². The smallest absolute Gasteiger partial charge is 0.138 e. The number of nitrogens with one attached hydrogen (secondary N) is 2. The Labute approximate surface area is 178 Å². The van der Waals surface area contributed by atoms with Gasteiger partial charge in [0.05, 0.1) is 28.6 Å². The molecule has 6 rings (SSSR count). The van der Waals surface area contributed by atoms with Crippen LogP contribution in [0.15, 0.2) is 49.1 Å². The summed E-state index contributed by atoms with van der Waals surface area (Å²) in [6, 6.07) is 8.03. The van der Waals surface area contributed by atoms with Crippen LogP contribution in [-0.2, 0) is 0 Å². The molecule has 0 bridgehead atoms. The summed E-state index contributed by atoms with van der Waals surface area (Å²) in [4.78, 5) is 26.2. The first-order valence-corrected chi connectivity index (χ1v) is 10.3. The van der Waals surface area contributed by atoms with Crippen LogP contribution < -0.4 is 4.90 Å². The van der Waals surface area contributed by atoms with Crippen molar-refractivity contribution in [1.29, 1.82) is 0 Å². The Kier molecular flexibility index (Phi) is 4.13. The molecule has 9 heteroatoms. The van der Waals surface area contributed by atoms with E-state index >= 15 is 0 Å². The predicted octanol–water partition coefficient (Wildman–Crippen LogP) is 2.71. The standard InChI is InChI=1S/C22H21N9/c1-30-8-10-31(11-9-30)22-14-12-18(26-15(14)4-5-25-22)21-20-17(28-29-21)3-2-16(27-20)19-13-23-6-7-24-19/h2-7,12-13,26H,8-11H2,1H3,(H,28,29). The third-order valence-corrected chi connectivity index (χ3v) is 5.82. The summed E-state index contributed by atoms with van der Waals surface area (Å²) < 4.78 is 0. The fraction of sp³-hybridized carbons (Fsp3) is 0.227. The number of aromatic amines is 2. The molecule has 0 aliphatic carbocycles. The van der Waals surface area contributed by atoms with Crippen LogP contribution in [-0.4, -0.2) is 73.2 Å². The Hall–Kier alpha value is -3.85. The van der Waals surface area contributed by atoms with E-state index in [1.54, 1.807) is 18.6 Å². The van der Waals surface area contributed by atoms with Crippen molar-refractivity contribution < 1.29 is 0 Å². The number of piperazine rings is 1. The average molecular weight is 411 g/mol. The van der Waals surface area contributed by atoms with Crippen LogP contribution in [0, 0.1) is 0 Å². The average Bonchev–Trinajstić information content (AvgIpc) is 3.43. The molecule has 31 heavy (non-hydrogen) atoms. The first kappa shape index (κ1) is 18.0. The molecular weight excluding hydrogens is 390 g/mol. The van der Waals surface area contributed by atoms with E-state index in [1.807, 2.05) is 24.4 Å². The fourth-order valence-electron chi connectivity index (χ4n) is 4.10. The molecule has 0 aromatic carbocycles. The second-order valence-corrected chi connectivity index (χ2v) is 7.82. The van der Waals surface area contributed by atoms with Gasteiger partial charge in [0.25, 0.3) is 0 Å². The van der Waals surface area contributed by atoms with Crippen LogP contribution in [0.25, 0.3) is 44.7 Å². The Morgan fingerprint density at radius 3 is 2.65 bits per heavy atom. The lowest BCUT2D eigenvalue weighted by Crippen LogP contribution is -2.44. The zero-order valence-electron chi connectivity index (χ0n) is 17.1. The monoisotopic (exact) mass is 411 g/mol. The highest BCUT2D eigenvalue weighted by molar-refractivity contribution is 5.98. The number of rotatable bonds is 3. The fourth-order valence-corrected chi connectivity index (χ4v) is 4.10. The van der Waals surface area contributed by atoms with Crippen molar-refractivity contribution in [2.45, 2.75) is 0 Å². The largest absolute Gasteiger partial charge is 0.353 e. The van der Waals surface area contributed by atoms with Crippen molar-refractivity contribution >= 4 is 27.8 Å². The number of aromatic nitrogens is 7. The normalized spacial score (nSPS) is 15.2. The zero-order valence-corrected chi connectivity index (χ0v) is 17.1. The third kappa shape index (κ3) is 3.10. The summed E-state index contributed by atoms with van der Waals surface area (Å²) in [5.41, 5.74) is 5.89. The van der Waals surface area contributed by atoms with Gasteiger partial charge in [-0.3, -0.25) is 15.1 Å². The maximum Gasteiger partial charge on any atom is 0.138 e. The molecular formula is C22H21N9. The molecule has 5 aromatic heterocycles. The SMILES string of the molecule is CN1CCN(c2nccc3[nH]c(-c4n[nH]c5ccc(-c6cnccn6)nc45)cc23)CC1. The van der Waals surface area contributed by atoms with Crippen molar-refractivity contribution in [2.75, 3.05) is 38.1 Å². The summed E-state index contributed by atoms with van der Waals surface area (Å²) in [6.45, 7) is 4.01.